The average molecular weight is 394 g/mol. The Bertz CT molecular complexity index is 482. The Labute approximate surface area is 146 Å². The Morgan fingerprint density at radius 2 is 2.05 bits per heavy atom. The summed E-state index contributed by atoms with van der Waals surface area (Å²) in [6, 6.07) is 6.70. The van der Waals surface area contributed by atoms with E-state index in [0.717, 1.165) is 0 Å². The van der Waals surface area contributed by atoms with Crippen molar-refractivity contribution in [3.8, 4) is 0 Å². The molecule has 0 aliphatic rings. The van der Waals surface area contributed by atoms with Crippen molar-refractivity contribution in [2.24, 2.45) is 10.7 Å². The molecule has 0 heterocycles. The maximum Gasteiger partial charge on any atom is 0.251 e. The first-order valence-electron chi connectivity index (χ1n) is 6.58. The Morgan fingerprint density at radius 3 is 2.64 bits per heavy atom. The van der Waals surface area contributed by atoms with Crippen LogP contribution in [0.1, 0.15) is 10.4 Å². The molecule has 0 saturated heterocycles. The average Bonchev–Trinajstić information content (AvgIpc) is 2.49. The summed E-state index contributed by atoms with van der Waals surface area (Å²) in [4.78, 5) is 17.8. The molecule has 0 aliphatic heterocycles. The zero-order chi connectivity index (χ0) is 15.7. The number of amides is 1. The zero-order valence-corrected chi connectivity index (χ0v) is 15.2. The lowest BCUT2D eigenvalue weighted by atomic mass is 10.2. The van der Waals surface area contributed by atoms with E-state index in [-0.39, 0.29) is 22.9 Å². The molecule has 0 aliphatic carbocycles. The predicted octanol–water partition coefficient (Wildman–Crippen LogP) is 1.54. The molecule has 22 heavy (non-hydrogen) atoms. The standard InChI is InChI=1S/C14H21ClN4O2.BrH/c1-19(9-10-21-2)14(16)18-8-7-17-13(20)11-3-5-12(15)6-4-11;/h3-6H,7-10H2,1-2H3,(H2,16,18)(H,17,20);1H. The normalized spacial score (nSPS) is 10.8. The van der Waals surface area contributed by atoms with Gasteiger partial charge < -0.3 is 20.7 Å². The maximum absolute atomic E-state index is 11.8. The number of likely N-dealkylation sites (N-methyl/N-ethyl adjacent to an activating group) is 1. The first kappa shape index (κ1) is 20.7. The number of hydrogen-bond donors (Lipinski definition) is 2. The van der Waals surface area contributed by atoms with Gasteiger partial charge in [0.05, 0.1) is 13.2 Å². The second-order valence-corrected chi connectivity index (χ2v) is 4.85. The van der Waals surface area contributed by atoms with Gasteiger partial charge in [0.2, 0.25) is 0 Å². The smallest absolute Gasteiger partial charge is 0.251 e. The van der Waals surface area contributed by atoms with Gasteiger partial charge in [-0.25, -0.2) is 0 Å². The minimum atomic E-state index is -0.159. The van der Waals surface area contributed by atoms with Gasteiger partial charge >= 0.3 is 0 Å². The lowest BCUT2D eigenvalue weighted by Crippen LogP contribution is -2.37. The summed E-state index contributed by atoms with van der Waals surface area (Å²) in [6.45, 7) is 2.09. The monoisotopic (exact) mass is 392 g/mol. The molecule has 0 bridgehead atoms. The number of nitrogens with zero attached hydrogens (tertiary/aromatic N) is 2. The van der Waals surface area contributed by atoms with Gasteiger partial charge in [-0.1, -0.05) is 11.6 Å². The maximum atomic E-state index is 11.8. The third kappa shape index (κ3) is 7.63. The molecule has 1 aromatic carbocycles. The highest BCUT2D eigenvalue weighted by molar-refractivity contribution is 8.93. The first-order chi connectivity index (χ1) is 10.0. The minimum absolute atomic E-state index is 0. The van der Waals surface area contributed by atoms with Crippen molar-refractivity contribution in [2.75, 3.05) is 40.4 Å². The molecule has 0 atom stereocenters. The molecule has 0 unspecified atom stereocenters. The van der Waals surface area contributed by atoms with Gasteiger partial charge in [0.25, 0.3) is 5.91 Å². The molecule has 0 spiro atoms. The molecule has 0 aromatic heterocycles. The van der Waals surface area contributed by atoms with Crippen LogP contribution < -0.4 is 11.1 Å². The molecule has 1 aromatic rings. The van der Waals surface area contributed by atoms with Crippen molar-refractivity contribution in [2.45, 2.75) is 0 Å². The molecule has 0 fully saturated rings. The van der Waals surface area contributed by atoms with E-state index in [2.05, 4.69) is 10.3 Å². The zero-order valence-electron chi connectivity index (χ0n) is 12.7. The topological polar surface area (TPSA) is 80.0 Å². The van der Waals surface area contributed by atoms with Gasteiger partial charge in [-0.05, 0) is 24.3 Å². The fourth-order valence-corrected chi connectivity index (χ4v) is 1.63. The summed E-state index contributed by atoms with van der Waals surface area (Å²) >= 11 is 5.77. The predicted molar refractivity (Wildman–Crippen MR) is 95.1 cm³/mol. The number of hydrogen-bond acceptors (Lipinski definition) is 3. The number of rotatable bonds is 7. The van der Waals surface area contributed by atoms with Crippen molar-refractivity contribution >= 4 is 40.4 Å². The van der Waals surface area contributed by atoms with Crippen LogP contribution in [0.2, 0.25) is 5.02 Å². The van der Waals surface area contributed by atoms with E-state index in [1.807, 2.05) is 7.05 Å². The van der Waals surface area contributed by atoms with Crippen molar-refractivity contribution in [3.05, 3.63) is 34.9 Å². The number of nitrogens with two attached hydrogens (primary N) is 1. The van der Waals surface area contributed by atoms with Gasteiger partial charge in [-0.15, -0.1) is 17.0 Å². The number of aliphatic imine (C=N–C) groups is 1. The van der Waals surface area contributed by atoms with E-state index in [1.54, 1.807) is 36.3 Å². The van der Waals surface area contributed by atoms with Crippen LogP contribution in [0.25, 0.3) is 0 Å². The Morgan fingerprint density at radius 1 is 1.41 bits per heavy atom. The highest BCUT2D eigenvalue weighted by Crippen LogP contribution is 2.09. The van der Waals surface area contributed by atoms with Crippen molar-refractivity contribution in [3.63, 3.8) is 0 Å². The molecular formula is C14H22BrClN4O2. The van der Waals surface area contributed by atoms with Gasteiger partial charge in [0, 0.05) is 37.8 Å². The largest absolute Gasteiger partial charge is 0.383 e. The summed E-state index contributed by atoms with van der Waals surface area (Å²) in [7, 11) is 3.47. The second-order valence-electron chi connectivity index (χ2n) is 4.42. The Hall–Kier alpha value is -1.31. The van der Waals surface area contributed by atoms with Crippen LogP contribution in [0.4, 0.5) is 0 Å². The number of ether oxygens (including phenoxy) is 1. The first-order valence-corrected chi connectivity index (χ1v) is 6.96. The van der Waals surface area contributed by atoms with Crippen molar-refractivity contribution in [1.82, 2.24) is 10.2 Å². The number of halogens is 2. The van der Waals surface area contributed by atoms with E-state index in [4.69, 9.17) is 22.1 Å². The lowest BCUT2D eigenvalue weighted by Gasteiger charge is -2.17. The van der Waals surface area contributed by atoms with E-state index < -0.39 is 0 Å². The second kappa shape index (κ2) is 11.3. The molecule has 6 nitrogen and oxygen atoms in total. The number of carbonyl (C=O) groups is 1. The van der Waals surface area contributed by atoms with Crippen molar-refractivity contribution < 1.29 is 9.53 Å². The van der Waals surface area contributed by atoms with E-state index in [9.17, 15) is 4.79 Å². The Kier molecular flexibility index (Phi) is 10.6. The molecule has 0 radical (unpaired) electrons. The van der Waals surface area contributed by atoms with Gasteiger partial charge in [-0.3, -0.25) is 9.79 Å². The fourth-order valence-electron chi connectivity index (χ4n) is 1.51. The summed E-state index contributed by atoms with van der Waals surface area (Å²) in [5.41, 5.74) is 6.36. The number of carbonyl (C=O) groups excluding carboxylic acids is 1. The van der Waals surface area contributed by atoms with Crippen molar-refractivity contribution in [1.29, 1.82) is 0 Å². The Balaban J connectivity index is 0.00000441. The fraction of sp³-hybridized carbons (Fsp3) is 0.429. The van der Waals surface area contributed by atoms with Crippen LogP contribution in [-0.2, 0) is 4.74 Å². The van der Waals surface area contributed by atoms with Crippen LogP contribution in [0.3, 0.4) is 0 Å². The highest BCUT2D eigenvalue weighted by atomic mass is 79.9. The summed E-state index contributed by atoms with van der Waals surface area (Å²) in [6.07, 6.45) is 0. The van der Waals surface area contributed by atoms with Gasteiger partial charge in [-0.2, -0.15) is 0 Å². The van der Waals surface area contributed by atoms with Crippen LogP contribution >= 0.6 is 28.6 Å². The van der Waals surface area contributed by atoms with Crippen LogP contribution in [0, 0.1) is 0 Å². The van der Waals surface area contributed by atoms with Crippen LogP contribution in [0.5, 0.6) is 0 Å². The van der Waals surface area contributed by atoms with Crippen LogP contribution in [0.15, 0.2) is 29.3 Å². The molecule has 124 valence electrons. The van der Waals surface area contributed by atoms with E-state index in [1.165, 1.54) is 0 Å². The molecule has 1 amide bonds. The summed E-state index contributed by atoms with van der Waals surface area (Å²) in [5.74, 6) is 0.265. The number of guanidine groups is 1. The molecule has 8 heteroatoms. The molecule has 3 N–H and O–H groups in total. The molecule has 0 saturated carbocycles. The van der Waals surface area contributed by atoms with E-state index >= 15 is 0 Å². The summed E-state index contributed by atoms with van der Waals surface area (Å²) < 4.78 is 4.96. The molecule has 1 rings (SSSR count). The van der Waals surface area contributed by atoms with Crippen LogP contribution in [-0.4, -0.2) is 57.2 Å². The SMILES string of the molecule is Br.COCCN(C)C(N)=NCCNC(=O)c1ccc(Cl)cc1. The third-order valence-electron chi connectivity index (χ3n) is 2.80. The number of benzene rings is 1. The van der Waals surface area contributed by atoms with Gasteiger partial charge in [0.1, 0.15) is 0 Å². The minimum Gasteiger partial charge on any atom is -0.383 e. The number of nitrogens with one attached hydrogen (secondary N) is 1. The number of methoxy groups -OCH3 is 1. The van der Waals surface area contributed by atoms with Gasteiger partial charge in [0.15, 0.2) is 5.96 Å². The summed E-state index contributed by atoms with van der Waals surface area (Å²) in [5, 5.41) is 3.37. The third-order valence-corrected chi connectivity index (χ3v) is 3.05. The molecular weight excluding hydrogens is 372 g/mol. The highest BCUT2D eigenvalue weighted by Gasteiger charge is 2.04. The quantitative estimate of drug-likeness (QED) is 0.418. The lowest BCUT2D eigenvalue weighted by molar-refractivity contribution is 0.0955. The van der Waals surface area contributed by atoms with E-state index in [0.29, 0.717) is 42.8 Å².